The van der Waals surface area contributed by atoms with Crippen LogP contribution in [0.1, 0.15) is 23.2 Å². The third-order valence-electron chi connectivity index (χ3n) is 4.82. The Kier molecular flexibility index (Phi) is 6.28. The molecule has 8 heteroatoms. The lowest BCUT2D eigenvalue weighted by Crippen LogP contribution is -2.36. The number of carbonyl (C=O) groups is 3. The number of para-hydroxylation sites is 2. The van der Waals surface area contributed by atoms with E-state index < -0.39 is 5.91 Å². The fourth-order valence-corrected chi connectivity index (χ4v) is 3.33. The molecule has 7 nitrogen and oxygen atoms in total. The number of anilines is 3. The summed E-state index contributed by atoms with van der Waals surface area (Å²) in [6.45, 7) is 0. The van der Waals surface area contributed by atoms with Crippen molar-refractivity contribution in [3.05, 3.63) is 89.4 Å². The van der Waals surface area contributed by atoms with Gasteiger partial charge < -0.3 is 10.6 Å². The van der Waals surface area contributed by atoms with Crippen molar-refractivity contribution in [3.63, 3.8) is 0 Å². The molecule has 1 heterocycles. The summed E-state index contributed by atoms with van der Waals surface area (Å²) in [5.74, 6) is -1.03. The van der Waals surface area contributed by atoms with Crippen LogP contribution in [-0.2, 0) is 9.59 Å². The molecule has 0 spiro atoms. The van der Waals surface area contributed by atoms with Crippen molar-refractivity contribution >= 4 is 52.1 Å². The van der Waals surface area contributed by atoms with Crippen LogP contribution in [0.4, 0.5) is 17.1 Å². The Bertz CT molecular complexity index is 1190. The van der Waals surface area contributed by atoms with E-state index in [-0.39, 0.29) is 30.4 Å². The third-order valence-corrected chi connectivity index (χ3v) is 5.07. The van der Waals surface area contributed by atoms with E-state index in [0.29, 0.717) is 27.6 Å². The van der Waals surface area contributed by atoms with Crippen molar-refractivity contribution < 1.29 is 14.4 Å². The molecular weight excluding hydrogens is 428 g/mol. The number of hydrogen-bond acceptors (Lipinski definition) is 4. The number of nitrogens with one attached hydrogen (secondary N) is 2. The van der Waals surface area contributed by atoms with Gasteiger partial charge in [-0.1, -0.05) is 41.9 Å². The molecule has 2 N–H and O–H groups in total. The maximum Gasteiger partial charge on any atom is 0.271 e. The molecule has 3 aromatic rings. The maximum absolute atomic E-state index is 12.9. The Morgan fingerprint density at radius 1 is 0.812 bits per heavy atom. The second kappa shape index (κ2) is 9.45. The normalized spacial score (nSPS) is 13.3. The summed E-state index contributed by atoms with van der Waals surface area (Å²) < 4.78 is 0. The molecule has 0 bridgehead atoms. The third kappa shape index (κ3) is 4.84. The van der Waals surface area contributed by atoms with E-state index >= 15 is 0 Å². The van der Waals surface area contributed by atoms with Gasteiger partial charge in [-0.25, -0.2) is 5.01 Å². The van der Waals surface area contributed by atoms with Gasteiger partial charge in [0, 0.05) is 23.6 Å². The highest BCUT2D eigenvalue weighted by Gasteiger charge is 2.26. The SMILES string of the molecule is O=C(Nc1ccccc1C(=O)Nc1ccc(Cl)cc1)C1=NN(c2ccccc2)C(=O)CC1. The van der Waals surface area contributed by atoms with E-state index in [4.69, 9.17) is 11.6 Å². The Hall–Kier alpha value is -3.97. The summed E-state index contributed by atoms with van der Waals surface area (Å²) >= 11 is 5.88. The molecule has 0 saturated heterocycles. The van der Waals surface area contributed by atoms with Crippen LogP contribution in [0.25, 0.3) is 0 Å². The van der Waals surface area contributed by atoms with E-state index in [0.717, 1.165) is 0 Å². The zero-order valence-corrected chi connectivity index (χ0v) is 17.7. The lowest BCUT2D eigenvalue weighted by Gasteiger charge is -2.23. The first-order valence-corrected chi connectivity index (χ1v) is 10.3. The monoisotopic (exact) mass is 446 g/mol. The van der Waals surface area contributed by atoms with Crippen LogP contribution in [-0.4, -0.2) is 23.4 Å². The zero-order chi connectivity index (χ0) is 22.5. The van der Waals surface area contributed by atoms with Crippen LogP contribution in [0, 0.1) is 0 Å². The van der Waals surface area contributed by atoms with Crippen LogP contribution in [0.15, 0.2) is 84.0 Å². The molecule has 160 valence electrons. The summed E-state index contributed by atoms with van der Waals surface area (Å²) in [6, 6.07) is 22.3. The summed E-state index contributed by atoms with van der Waals surface area (Å²) in [6.07, 6.45) is 0.382. The van der Waals surface area contributed by atoms with Gasteiger partial charge in [0.15, 0.2) is 0 Å². The van der Waals surface area contributed by atoms with Gasteiger partial charge in [-0.05, 0) is 48.5 Å². The van der Waals surface area contributed by atoms with Crippen molar-refractivity contribution in [1.29, 1.82) is 0 Å². The minimum atomic E-state index is -0.467. The van der Waals surface area contributed by atoms with Crippen molar-refractivity contribution in [3.8, 4) is 0 Å². The number of hydrazone groups is 1. The van der Waals surface area contributed by atoms with Gasteiger partial charge in [-0.2, -0.15) is 5.10 Å². The van der Waals surface area contributed by atoms with E-state index in [1.54, 1.807) is 72.8 Å². The molecule has 3 aromatic carbocycles. The smallest absolute Gasteiger partial charge is 0.271 e. The highest BCUT2D eigenvalue weighted by Crippen LogP contribution is 2.22. The van der Waals surface area contributed by atoms with Crippen molar-refractivity contribution in [2.24, 2.45) is 5.10 Å². The van der Waals surface area contributed by atoms with Crippen molar-refractivity contribution in [2.75, 3.05) is 15.6 Å². The highest BCUT2D eigenvalue weighted by atomic mass is 35.5. The molecule has 4 rings (SSSR count). The van der Waals surface area contributed by atoms with Gasteiger partial charge >= 0.3 is 0 Å². The van der Waals surface area contributed by atoms with E-state index in [9.17, 15) is 14.4 Å². The highest BCUT2D eigenvalue weighted by molar-refractivity contribution is 6.44. The standard InChI is InChI=1S/C24H19ClN4O3/c25-16-10-12-17(13-11-16)26-23(31)19-8-4-5-9-20(19)27-24(32)21-14-15-22(30)29(28-21)18-6-2-1-3-7-18/h1-13H,14-15H2,(H,26,31)(H,27,32). The quantitative estimate of drug-likeness (QED) is 0.594. The summed E-state index contributed by atoms with van der Waals surface area (Å²) in [4.78, 5) is 38.0. The number of nitrogens with zero attached hydrogens (tertiary/aromatic N) is 2. The minimum absolute atomic E-state index is 0.167. The first-order valence-electron chi connectivity index (χ1n) is 9.94. The lowest BCUT2D eigenvalue weighted by molar-refractivity contribution is -0.118. The molecule has 1 aliphatic heterocycles. The molecule has 0 unspecified atom stereocenters. The molecule has 1 aliphatic rings. The molecule has 0 aromatic heterocycles. The molecule has 32 heavy (non-hydrogen) atoms. The molecule has 3 amide bonds. The Balaban J connectivity index is 1.53. The molecule has 0 radical (unpaired) electrons. The first-order chi connectivity index (χ1) is 15.5. The number of carbonyl (C=O) groups excluding carboxylic acids is 3. The second-order valence-electron chi connectivity index (χ2n) is 7.05. The fourth-order valence-electron chi connectivity index (χ4n) is 3.20. The lowest BCUT2D eigenvalue weighted by atomic mass is 10.1. The second-order valence-corrected chi connectivity index (χ2v) is 7.48. The van der Waals surface area contributed by atoms with Gasteiger partial charge in [-0.3, -0.25) is 14.4 Å². The molecule has 0 fully saturated rings. The van der Waals surface area contributed by atoms with Crippen LogP contribution >= 0.6 is 11.6 Å². The Morgan fingerprint density at radius 2 is 1.50 bits per heavy atom. The molecule has 0 atom stereocenters. The van der Waals surface area contributed by atoms with Crippen molar-refractivity contribution in [2.45, 2.75) is 12.8 Å². The van der Waals surface area contributed by atoms with Gasteiger partial charge in [0.2, 0.25) is 5.91 Å². The molecule has 0 aliphatic carbocycles. The number of amides is 3. The average molecular weight is 447 g/mol. The largest absolute Gasteiger partial charge is 0.322 e. The van der Waals surface area contributed by atoms with E-state index in [2.05, 4.69) is 15.7 Å². The Labute approximate surface area is 189 Å². The zero-order valence-electron chi connectivity index (χ0n) is 16.9. The van der Waals surface area contributed by atoms with Gasteiger partial charge in [0.25, 0.3) is 11.8 Å². The van der Waals surface area contributed by atoms with Gasteiger partial charge in [0.1, 0.15) is 5.71 Å². The predicted octanol–water partition coefficient (Wildman–Crippen LogP) is 4.71. The average Bonchev–Trinajstić information content (AvgIpc) is 2.81. The number of hydrogen-bond donors (Lipinski definition) is 2. The predicted molar refractivity (Wildman–Crippen MR) is 125 cm³/mol. The number of benzene rings is 3. The van der Waals surface area contributed by atoms with Crippen LogP contribution < -0.4 is 15.6 Å². The van der Waals surface area contributed by atoms with E-state index in [1.165, 1.54) is 5.01 Å². The summed E-state index contributed by atoms with van der Waals surface area (Å²) in [5.41, 5.74) is 2.01. The van der Waals surface area contributed by atoms with Gasteiger partial charge in [0.05, 0.1) is 16.9 Å². The maximum atomic E-state index is 12.9. The summed E-state index contributed by atoms with van der Waals surface area (Å²) in [7, 11) is 0. The Morgan fingerprint density at radius 3 is 2.25 bits per heavy atom. The topological polar surface area (TPSA) is 90.9 Å². The van der Waals surface area contributed by atoms with Crippen LogP contribution in [0.3, 0.4) is 0 Å². The first kappa shape index (κ1) is 21.3. The van der Waals surface area contributed by atoms with E-state index in [1.807, 2.05) is 6.07 Å². The van der Waals surface area contributed by atoms with Crippen LogP contribution in [0.2, 0.25) is 5.02 Å². The van der Waals surface area contributed by atoms with Crippen molar-refractivity contribution in [1.82, 2.24) is 0 Å². The number of halogens is 1. The molecular formula is C24H19ClN4O3. The summed E-state index contributed by atoms with van der Waals surface area (Å²) in [5, 5.41) is 11.6. The van der Waals surface area contributed by atoms with Gasteiger partial charge in [-0.15, -0.1) is 0 Å². The minimum Gasteiger partial charge on any atom is -0.322 e. The number of rotatable bonds is 5. The van der Waals surface area contributed by atoms with Crippen LogP contribution in [0.5, 0.6) is 0 Å². The fraction of sp³-hybridized carbons (Fsp3) is 0.0833. The molecule has 0 saturated carbocycles.